The average molecular weight is 408 g/mol. The van der Waals surface area contributed by atoms with Gasteiger partial charge < -0.3 is 19.2 Å². The first kappa shape index (κ1) is 14.4. The Bertz CT molecular complexity index is 526. The molecule has 8 aliphatic rings. The van der Waals surface area contributed by atoms with Crippen LogP contribution in [-0.2, 0) is 53.1 Å². The normalized spacial score (nSPS) is 70.4. The zero-order chi connectivity index (χ0) is 16.0. The van der Waals surface area contributed by atoms with E-state index in [-0.39, 0.29) is 0 Å². The van der Waals surface area contributed by atoms with E-state index in [1.54, 1.807) is 0 Å². The standard InChI is InChI=1S/C3H4O16Si4/c4-20-8-1(9-20,10-20)14-22(6)16-3(17-22)18-23(7,19-3)15-2-11-21(5,12-2)13-2/h4-7H. The molecule has 0 saturated carbocycles. The first-order chi connectivity index (χ1) is 10.5. The van der Waals surface area contributed by atoms with Gasteiger partial charge in [0.25, 0.3) is 0 Å². The predicted molar refractivity (Wildman–Crippen MR) is 53.1 cm³/mol. The topological polar surface area (TPSA) is 192 Å². The third kappa shape index (κ3) is 1.74. The van der Waals surface area contributed by atoms with Crippen molar-refractivity contribution in [2.75, 3.05) is 0 Å². The summed E-state index contributed by atoms with van der Waals surface area (Å²) in [5.41, 5.74) is 0. The third-order valence-electron chi connectivity index (χ3n) is 3.05. The highest BCUT2D eigenvalue weighted by molar-refractivity contribution is 6.61. The van der Waals surface area contributed by atoms with Gasteiger partial charge in [-0.1, -0.05) is 0 Å². The molecule has 0 amide bonds. The van der Waals surface area contributed by atoms with Crippen LogP contribution in [0.1, 0.15) is 0 Å². The van der Waals surface area contributed by atoms with E-state index in [2.05, 4.69) is 26.6 Å². The van der Waals surface area contributed by atoms with Crippen LogP contribution in [0.4, 0.5) is 0 Å². The lowest BCUT2D eigenvalue weighted by atomic mass is 11.2. The molecular weight excluding hydrogens is 404 g/mol. The van der Waals surface area contributed by atoms with Crippen molar-refractivity contribution in [2.45, 2.75) is 18.5 Å². The SMILES string of the molecule is O[Si]12OC(O[Si]3(O)OC4(O3)O[Si](O)(OC35O[Si](O)(O3)O5)O4)(O1)O2. The summed E-state index contributed by atoms with van der Waals surface area (Å²) in [5.74, 6) is 0. The second-order valence-electron chi connectivity index (χ2n) is 4.82. The minimum Gasteiger partial charge on any atom is -0.367 e. The van der Waals surface area contributed by atoms with Crippen molar-refractivity contribution < 1.29 is 72.3 Å². The summed E-state index contributed by atoms with van der Waals surface area (Å²) in [7, 11) is -15.7. The van der Waals surface area contributed by atoms with E-state index in [4.69, 9.17) is 36.1 Å². The fraction of sp³-hybridized carbons (Fsp3) is 1.00. The van der Waals surface area contributed by atoms with Crippen LogP contribution in [0.2, 0.25) is 0 Å². The van der Waals surface area contributed by atoms with Gasteiger partial charge in [-0.3, -0.25) is 53.1 Å². The summed E-state index contributed by atoms with van der Waals surface area (Å²) in [6, 6.07) is 0. The van der Waals surface area contributed by atoms with Crippen LogP contribution in [0.15, 0.2) is 0 Å². The highest BCUT2D eigenvalue weighted by Crippen LogP contribution is 2.57. The molecule has 1 spiro atoms. The van der Waals surface area contributed by atoms with Gasteiger partial charge in [0.15, 0.2) is 0 Å². The Morgan fingerprint density at radius 2 is 0.826 bits per heavy atom. The monoisotopic (exact) mass is 408 g/mol. The second kappa shape index (κ2) is 3.41. The van der Waals surface area contributed by atoms with Crippen molar-refractivity contribution in [3.63, 3.8) is 0 Å². The Balaban J connectivity index is 1.04. The minimum atomic E-state index is -4.30. The lowest BCUT2D eigenvalue weighted by molar-refractivity contribution is -0.626. The Morgan fingerprint density at radius 3 is 1.09 bits per heavy atom. The molecule has 23 heavy (non-hydrogen) atoms. The van der Waals surface area contributed by atoms with Crippen molar-refractivity contribution >= 4 is 36.2 Å². The fourth-order valence-electron chi connectivity index (χ4n) is 2.25. The van der Waals surface area contributed by atoms with Gasteiger partial charge >= 0.3 is 54.7 Å². The summed E-state index contributed by atoms with van der Waals surface area (Å²) in [4.78, 5) is 37.9. The summed E-state index contributed by atoms with van der Waals surface area (Å²) in [5, 5.41) is 0. The summed E-state index contributed by atoms with van der Waals surface area (Å²) < 4.78 is 56.7. The molecule has 0 atom stereocenters. The first-order valence-corrected chi connectivity index (χ1v) is 12.5. The highest BCUT2D eigenvalue weighted by Gasteiger charge is 2.92. The van der Waals surface area contributed by atoms with E-state index in [0.717, 1.165) is 0 Å². The first-order valence-electron chi connectivity index (χ1n) is 5.79. The van der Waals surface area contributed by atoms with E-state index in [9.17, 15) is 9.59 Å². The van der Waals surface area contributed by atoms with Crippen LogP contribution in [0, 0.1) is 0 Å². The molecule has 0 aromatic heterocycles. The van der Waals surface area contributed by atoms with E-state index in [1.165, 1.54) is 0 Å². The minimum absolute atomic E-state index is 2.07. The van der Waals surface area contributed by atoms with Crippen LogP contribution in [-0.4, -0.2) is 73.9 Å². The van der Waals surface area contributed by atoms with Crippen LogP contribution in [0.5, 0.6) is 0 Å². The molecule has 8 aliphatic heterocycles. The van der Waals surface area contributed by atoms with Crippen LogP contribution < -0.4 is 0 Å². The zero-order valence-corrected chi connectivity index (χ0v) is 14.2. The van der Waals surface area contributed by atoms with Gasteiger partial charge in [-0.2, -0.15) is 0 Å². The molecule has 8 rings (SSSR count). The molecule has 0 radical (unpaired) electrons. The smallest absolute Gasteiger partial charge is 0.367 e. The summed E-state index contributed by atoms with van der Waals surface area (Å²) in [6.07, 6.45) is -6.39. The number of rotatable bonds is 4. The van der Waals surface area contributed by atoms with Crippen molar-refractivity contribution in [3.8, 4) is 0 Å². The summed E-state index contributed by atoms with van der Waals surface area (Å²) >= 11 is 0. The second-order valence-corrected chi connectivity index (χ2v) is 11.5. The lowest BCUT2D eigenvalue weighted by Crippen LogP contribution is -2.92. The van der Waals surface area contributed by atoms with Crippen LogP contribution in [0.3, 0.4) is 0 Å². The van der Waals surface area contributed by atoms with Gasteiger partial charge in [-0.05, 0) is 0 Å². The quantitative estimate of drug-likeness (QED) is 0.322. The Hall–Kier alpha value is 0.228. The lowest BCUT2D eigenvalue weighted by Gasteiger charge is -2.63. The van der Waals surface area contributed by atoms with E-state index in [0.29, 0.717) is 0 Å². The fourth-order valence-corrected chi connectivity index (χ4v) is 8.00. The highest BCUT2D eigenvalue weighted by atomic mass is 28.4. The van der Waals surface area contributed by atoms with Gasteiger partial charge in [-0.15, -0.1) is 0 Å². The molecule has 0 unspecified atom stereocenters. The number of hydrogen-bond donors (Lipinski definition) is 4. The van der Waals surface area contributed by atoms with Crippen molar-refractivity contribution in [2.24, 2.45) is 0 Å². The maximum absolute atomic E-state index is 9.82. The van der Waals surface area contributed by atoms with E-state index in [1.807, 2.05) is 0 Å². The molecule has 16 nitrogen and oxygen atoms in total. The molecule has 4 bridgehead atoms. The average Bonchev–Trinajstić information content (AvgIpc) is 2.17. The van der Waals surface area contributed by atoms with Crippen molar-refractivity contribution in [1.82, 2.24) is 0 Å². The van der Waals surface area contributed by atoms with Gasteiger partial charge in [0, 0.05) is 0 Å². The van der Waals surface area contributed by atoms with E-state index < -0.39 is 54.7 Å². The van der Waals surface area contributed by atoms with E-state index >= 15 is 0 Å². The van der Waals surface area contributed by atoms with Crippen LogP contribution in [0.25, 0.3) is 0 Å². The number of hydrogen-bond acceptors (Lipinski definition) is 16. The Kier molecular flexibility index (Phi) is 2.13. The molecule has 0 aliphatic carbocycles. The maximum Gasteiger partial charge on any atom is 0.694 e. The zero-order valence-electron chi connectivity index (χ0n) is 10.2. The summed E-state index contributed by atoms with van der Waals surface area (Å²) in [6.45, 7) is 0. The molecule has 0 aromatic rings. The molecule has 8 heterocycles. The maximum atomic E-state index is 9.82. The van der Waals surface area contributed by atoms with Crippen molar-refractivity contribution in [3.05, 3.63) is 0 Å². The molecule has 20 heteroatoms. The van der Waals surface area contributed by atoms with Gasteiger partial charge in [-0.25, -0.2) is 0 Å². The molecule has 8 saturated heterocycles. The Morgan fingerprint density at radius 1 is 0.522 bits per heavy atom. The van der Waals surface area contributed by atoms with Crippen molar-refractivity contribution in [1.29, 1.82) is 0 Å². The van der Waals surface area contributed by atoms with Gasteiger partial charge in [0.1, 0.15) is 0 Å². The molecule has 8 fully saturated rings. The molecule has 0 aromatic carbocycles. The third-order valence-corrected chi connectivity index (χ3v) is 9.14. The molecular formula is C3H4O16Si4. The molecule has 128 valence electrons. The van der Waals surface area contributed by atoms with Gasteiger partial charge in [0.2, 0.25) is 0 Å². The van der Waals surface area contributed by atoms with Crippen LogP contribution >= 0.6 is 0 Å². The van der Waals surface area contributed by atoms with Gasteiger partial charge in [0.05, 0.1) is 0 Å². The Labute approximate surface area is 127 Å². The largest absolute Gasteiger partial charge is 0.694 e. The predicted octanol–water partition coefficient (Wildman–Crippen LogP) is -5.19. The molecule has 4 N–H and O–H groups in total.